The van der Waals surface area contributed by atoms with Crippen molar-refractivity contribution in [3.63, 3.8) is 0 Å². The SMILES string of the molecule is Bc1c(B)c(-c2ccc(-n3c4ccccc4c4ccc5c(c6ccccc6n5-c5cccc(-c6ccccc6)c5)c43)cc2)c(B)c(B)c1O. The molecular formula is C42H32B4N2O. The third-order valence-corrected chi connectivity index (χ3v) is 10.7. The minimum Gasteiger partial charge on any atom is -0.509 e. The van der Waals surface area contributed by atoms with Crippen LogP contribution in [-0.2, 0) is 0 Å². The fraction of sp³-hybridized carbons (Fsp3) is 0. The van der Waals surface area contributed by atoms with Crippen molar-refractivity contribution in [2.75, 3.05) is 0 Å². The van der Waals surface area contributed by atoms with E-state index in [1.54, 1.807) is 0 Å². The highest BCUT2D eigenvalue weighted by Gasteiger charge is 2.21. The van der Waals surface area contributed by atoms with E-state index in [0.29, 0.717) is 5.75 Å². The van der Waals surface area contributed by atoms with E-state index in [0.717, 1.165) is 38.8 Å². The Morgan fingerprint density at radius 2 is 1.02 bits per heavy atom. The number of aromatic hydroxyl groups is 1. The number of para-hydroxylation sites is 2. The molecule has 1 N–H and O–H groups in total. The molecule has 2 aromatic heterocycles. The maximum atomic E-state index is 10.7. The number of benzene rings is 7. The van der Waals surface area contributed by atoms with Gasteiger partial charge in [-0.2, -0.15) is 0 Å². The van der Waals surface area contributed by atoms with Gasteiger partial charge in [0.15, 0.2) is 0 Å². The van der Waals surface area contributed by atoms with Crippen molar-refractivity contribution in [1.29, 1.82) is 0 Å². The molecule has 0 spiro atoms. The van der Waals surface area contributed by atoms with Crippen LogP contribution in [0.4, 0.5) is 0 Å². The number of phenolic OH excluding ortho intramolecular Hbond substituents is 1. The molecule has 9 rings (SSSR count). The van der Waals surface area contributed by atoms with E-state index < -0.39 is 0 Å². The van der Waals surface area contributed by atoms with E-state index in [9.17, 15) is 5.11 Å². The Labute approximate surface area is 289 Å². The topological polar surface area (TPSA) is 30.1 Å². The van der Waals surface area contributed by atoms with Crippen molar-refractivity contribution >= 4 is 96.8 Å². The Morgan fingerprint density at radius 1 is 0.408 bits per heavy atom. The van der Waals surface area contributed by atoms with Gasteiger partial charge in [-0.25, -0.2) is 0 Å². The molecule has 0 fully saturated rings. The fourth-order valence-corrected chi connectivity index (χ4v) is 8.01. The van der Waals surface area contributed by atoms with Gasteiger partial charge in [0.05, 0.1) is 22.1 Å². The van der Waals surface area contributed by atoms with Gasteiger partial charge in [-0.05, 0) is 64.7 Å². The normalized spacial score (nSPS) is 11.7. The summed E-state index contributed by atoms with van der Waals surface area (Å²) in [6.07, 6.45) is 0. The fourth-order valence-electron chi connectivity index (χ4n) is 8.01. The minimum atomic E-state index is 0.399. The number of aromatic nitrogens is 2. The van der Waals surface area contributed by atoms with Gasteiger partial charge in [0.1, 0.15) is 37.1 Å². The Morgan fingerprint density at radius 3 is 1.73 bits per heavy atom. The number of nitrogens with zero attached hydrogens (tertiary/aromatic N) is 2. The van der Waals surface area contributed by atoms with Crippen LogP contribution in [-0.4, -0.2) is 45.6 Å². The molecule has 0 bridgehead atoms. The molecule has 0 aliphatic heterocycles. The van der Waals surface area contributed by atoms with Gasteiger partial charge in [-0.15, -0.1) is 0 Å². The lowest BCUT2D eigenvalue weighted by atomic mass is 9.65. The van der Waals surface area contributed by atoms with Gasteiger partial charge in [-0.3, -0.25) is 0 Å². The Bertz CT molecular complexity index is 2740. The number of hydrogen-bond donors (Lipinski definition) is 1. The molecule has 0 saturated carbocycles. The Hall–Kier alpha value is -5.80. The van der Waals surface area contributed by atoms with Crippen molar-refractivity contribution in [3.05, 3.63) is 140 Å². The average molecular weight is 624 g/mol. The predicted molar refractivity (Wildman–Crippen MR) is 220 cm³/mol. The zero-order valence-corrected chi connectivity index (χ0v) is 28.1. The highest BCUT2D eigenvalue weighted by molar-refractivity contribution is 6.61. The zero-order chi connectivity index (χ0) is 33.4. The van der Waals surface area contributed by atoms with Crippen LogP contribution < -0.4 is 21.9 Å². The molecule has 0 radical (unpaired) electrons. The van der Waals surface area contributed by atoms with E-state index >= 15 is 0 Å². The van der Waals surface area contributed by atoms with Crippen LogP contribution in [0.2, 0.25) is 0 Å². The van der Waals surface area contributed by atoms with Crippen molar-refractivity contribution < 1.29 is 5.11 Å². The van der Waals surface area contributed by atoms with Crippen molar-refractivity contribution in [1.82, 2.24) is 9.13 Å². The number of rotatable bonds is 4. The highest BCUT2D eigenvalue weighted by Crippen LogP contribution is 2.42. The third-order valence-electron chi connectivity index (χ3n) is 10.7. The monoisotopic (exact) mass is 624 g/mol. The maximum absolute atomic E-state index is 10.7. The second-order valence-corrected chi connectivity index (χ2v) is 13.2. The highest BCUT2D eigenvalue weighted by atomic mass is 16.3. The molecule has 49 heavy (non-hydrogen) atoms. The van der Waals surface area contributed by atoms with E-state index in [-0.39, 0.29) is 0 Å². The van der Waals surface area contributed by atoms with Crippen LogP contribution in [0, 0.1) is 0 Å². The van der Waals surface area contributed by atoms with E-state index in [2.05, 4.69) is 164 Å². The first-order valence-electron chi connectivity index (χ1n) is 16.9. The van der Waals surface area contributed by atoms with Crippen molar-refractivity contribution in [3.8, 4) is 39.4 Å². The number of fused-ring (bicyclic) bond motifs is 7. The molecule has 0 amide bonds. The third kappa shape index (κ3) is 4.35. The van der Waals surface area contributed by atoms with Crippen LogP contribution in [0.1, 0.15) is 0 Å². The summed E-state index contributed by atoms with van der Waals surface area (Å²) >= 11 is 0. The Kier molecular flexibility index (Phi) is 6.67. The van der Waals surface area contributed by atoms with Crippen molar-refractivity contribution in [2.24, 2.45) is 0 Å². The summed E-state index contributed by atoms with van der Waals surface area (Å²) in [4.78, 5) is 0. The lowest BCUT2D eigenvalue weighted by Crippen LogP contribution is -2.42. The maximum Gasteiger partial charge on any atom is 0.143 e. The Balaban J connectivity index is 1.32. The standard InChI is InChI=1S/C42H32B4N2O/c43-37-35(38(44)40(46)42(49)39(37)45)25-17-19-27(20-18-25)48-32-15-6-4-13-29(32)30-21-22-34-36(41(30)48)31-14-5-7-16-33(31)47(34)28-12-8-11-26(23-28)24-9-2-1-3-10-24/h1-23,49H,43-46H2. The first-order valence-corrected chi connectivity index (χ1v) is 16.9. The molecule has 0 aliphatic carbocycles. The molecule has 0 atom stereocenters. The second-order valence-electron chi connectivity index (χ2n) is 13.2. The van der Waals surface area contributed by atoms with Gasteiger partial charge in [0.2, 0.25) is 0 Å². The summed E-state index contributed by atoms with van der Waals surface area (Å²) in [7, 11) is 8.23. The molecule has 2 heterocycles. The second kappa shape index (κ2) is 11.1. The summed E-state index contributed by atoms with van der Waals surface area (Å²) in [6.45, 7) is 0. The zero-order valence-electron chi connectivity index (χ0n) is 28.1. The quantitative estimate of drug-likeness (QED) is 0.296. The first-order chi connectivity index (χ1) is 23.9. The van der Waals surface area contributed by atoms with Gasteiger partial charge in [0, 0.05) is 32.9 Å². The molecular weight excluding hydrogens is 592 g/mol. The van der Waals surface area contributed by atoms with E-state index in [4.69, 9.17) is 0 Å². The molecule has 7 aromatic carbocycles. The predicted octanol–water partition coefficient (Wildman–Crippen LogP) is 3.95. The summed E-state index contributed by atoms with van der Waals surface area (Å²) in [6, 6.07) is 50.6. The van der Waals surface area contributed by atoms with E-state index in [1.165, 1.54) is 60.3 Å². The van der Waals surface area contributed by atoms with E-state index in [1.807, 2.05) is 15.7 Å². The van der Waals surface area contributed by atoms with Gasteiger partial charge in [0.25, 0.3) is 0 Å². The molecule has 7 heteroatoms. The van der Waals surface area contributed by atoms with Crippen molar-refractivity contribution in [2.45, 2.75) is 0 Å². The van der Waals surface area contributed by atoms with Crippen LogP contribution in [0.25, 0.3) is 77.2 Å². The van der Waals surface area contributed by atoms with Gasteiger partial charge < -0.3 is 14.2 Å². The molecule has 0 saturated heterocycles. The average Bonchev–Trinajstić information content (AvgIpc) is 3.67. The summed E-state index contributed by atoms with van der Waals surface area (Å²) in [5.41, 5.74) is 15.9. The summed E-state index contributed by atoms with van der Waals surface area (Å²) < 4.78 is 4.86. The minimum absolute atomic E-state index is 0.399. The largest absolute Gasteiger partial charge is 0.509 e. The van der Waals surface area contributed by atoms with Crippen LogP contribution in [0.3, 0.4) is 0 Å². The first kappa shape index (κ1) is 29.3. The van der Waals surface area contributed by atoms with Crippen LogP contribution in [0.15, 0.2) is 140 Å². The lowest BCUT2D eigenvalue weighted by molar-refractivity contribution is 0.484. The van der Waals surface area contributed by atoms with Crippen LogP contribution in [0.5, 0.6) is 5.75 Å². The smallest absolute Gasteiger partial charge is 0.143 e. The molecule has 3 nitrogen and oxygen atoms in total. The molecule has 228 valence electrons. The lowest BCUT2D eigenvalue weighted by Gasteiger charge is -2.19. The number of phenols is 1. The van der Waals surface area contributed by atoms with Gasteiger partial charge in [-0.1, -0.05) is 119 Å². The summed E-state index contributed by atoms with van der Waals surface area (Å²) in [5.74, 6) is 0.399. The molecule has 0 unspecified atom stereocenters. The summed E-state index contributed by atoms with van der Waals surface area (Å²) in [5, 5.41) is 15.7. The molecule has 9 aromatic rings. The molecule has 0 aliphatic rings. The number of hydrogen-bond acceptors (Lipinski definition) is 1. The van der Waals surface area contributed by atoms with Crippen LogP contribution >= 0.6 is 0 Å². The van der Waals surface area contributed by atoms with Gasteiger partial charge >= 0.3 is 0 Å².